The van der Waals surface area contributed by atoms with Gasteiger partial charge >= 0.3 is 0 Å². The summed E-state index contributed by atoms with van der Waals surface area (Å²) in [6, 6.07) is 12.2. The number of nitrogens with one attached hydrogen (secondary N) is 1. The van der Waals surface area contributed by atoms with E-state index in [9.17, 15) is 0 Å². The molecule has 0 unspecified atom stereocenters. The molecule has 0 amide bonds. The van der Waals surface area contributed by atoms with Crippen LogP contribution in [0.15, 0.2) is 36.4 Å². The molecule has 94 valence electrons. The molecule has 1 heterocycles. The number of hydrogen-bond acceptors (Lipinski definition) is 2. The van der Waals surface area contributed by atoms with E-state index in [0.29, 0.717) is 11.1 Å². The molecule has 2 aromatic rings. The average Bonchev–Trinajstić information content (AvgIpc) is 2.28. The maximum Gasteiger partial charge on any atom is 0.132 e. The fourth-order valence-corrected chi connectivity index (χ4v) is 2.05. The lowest BCUT2D eigenvalue weighted by molar-refractivity contribution is 0.867. The number of anilines is 2. The van der Waals surface area contributed by atoms with Gasteiger partial charge in [-0.05, 0) is 48.2 Å². The summed E-state index contributed by atoms with van der Waals surface area (Å²) in [6.07, 6.45) is 0. The lowest BCUT2D eigenvalue weighted by Gasteiger charge is -2.09. The highest BCUT2D eigenvalue weighted by Gasteiger charge is 2.01. The van der Waals surface area contributed by atoms with Gasteiger partial charge in [-0.15, -0.1) is 0 Å². The van der Waals surface area contributed by atoms with E-state index in [-0.39, 0.29) is 0 Å². The molecule has 0 aliphatic rings. The number of nitrogens with zero attached hydrogens (tertiary/aromatic N) is 1. The molecule has 0 spiro atoms. The number of pyridine rings is 1. The summed E-state index contributed by atoms with van der Waals surface area (Å²) in [6.45, 7) is 6.37. The Bertz CT molecular complexity index is 512. The van der Waals surface area contributed by atoms with Gasteiger partial charge < -0.3 is 5.32 Å². The first-order valence-corrected chi connectivity index (χ1v) is 6.43. The van der Waals surface area contributed by atoms with E-state index in [2.05, 4.69) is 48.4 Å². The van der Waals surface area contributed by atoms with Crippen LogP contribution in [0.2, 0.25) is 5.15 Å². The number of halogens is 1. The van der Waals surface area contributed by atoms with Crippen molar-refractivity contribution in [2.45, 2.75) is 26.7 Å². The molecule has 18 heavy (non-hydrogen) atoms. The molecule has 0 saturated heterocycles. The first kappa shape index (κ1) is 12.9. The van der Waals surface area contributed by atoms with Crippen LogP contribution in [0, 0.1) is 6.92 Å². The second kappa shape index (κ2) is 5.40. The van der Waals surface area contributed by atoms with Gasteiger partial charge in [0.25, 0.3) is 0 Å². The average molecular weight is 261 g/mol. The molecule has 0 radical (unpaired) electrons. The summed E-state index contributed by atoms with van der Waals surface area (Å²) in [5.41, 5.74) is 3.45. The molecule has 3 heteroatoms. The topological polar surface area (TPSA) is 24.9 Å². The van der Waals surface area contributed by atoms with Gasteiger partial charge in [0.05, 0.1) is 0 Å². The van der Waals surface area contributed by atoms with Crippen LogP contribution in [0.3, 0.4) is 0 Å². The lowest BCUT2D eigenvalue weighted by atomic mass is 10.0. The van der Waals surface area contributed by atoms with Crippen molar-refractivity contribution < 1.29 is 0 Å². The molecule has 0 aliphatic heterocycles. The van der Waals surface area contributed by atoms with Crippen LogP contribution in [0.25, 0.3) is 0 Å². The Morgan fingerprint density at radius 1 is 1.11 bits per heavy atom. The van der Waals surface area contributed by atoms with E-state index < -0.39 is 0 Å². The molecule has 0 fully saturated rings. The van der Waals surface area contributed by atoms with Crippen molar-refractivity contribution in [3.05, 3.63) is 52.7 Å². The minimum atomic E-state index is 0.510. The monoisotopic (exact) mass is 260 g/mol. The zero-order chi connectivity index (χ0) is 13.1. The van der Waals surface area contributed by atoms with Crippen molar-refractivity contribution in [3.63, 3.8) is 0 Å². The van der Waals surface area contributed by atoms with E-state index in [1.54, 1.807) is 0 Å². The minimum absolute atomic E-state index is 0.510. The van der Waals surface area contributed by atoms with Crippen LogP contribution < -0.4 is 5.32 Å². The molecule has 1 N–H and O–H groups in total. The molecule has 0 atom stereocenters. The fourth-order valence-electron chi connectivity index (χ4n) is 1.79. The predicted octanol–water partition coefficient (Wildman–Crippen LogP) is 4.91. The normalized spacial score (nSPS) is 10.7. The van der Waals surface area contributed by atoms with Crippen molar-refractivity contribution in [3.8, 4) is 0 Å². The largest absolute Gasteiger partial charge is 0.340 e. The SMILES string of the molecule is Cc1cc(Cl)nc(Nc2ccc(C(C)C)cc2)c1. The minimum Gasteiger partial charge on any atom is -0.340 e. The number of benzene rings is 1. The summed E-state index contributed by atoms with van der Waals surface area (Å²) in [7, 11) is 0. The zero-order valence-electron chi connectivity index (χ0n) is 10.9. The molecule has 1 aromatic carbocycles. The van der Waals surface area contributed by atoms with Crippen LogP contribution in [0.1, 0.15) is 30.9 Å². The van der Waals surface area contributed by atoms with Crippen molar-refractivity contribution in [1.82, 2.24) is 4.98 Å². The molecular formula is C15H17ClN2. The maximum atomic E-state index is 5.93. The third-order valence-corrected chi connectivity index (χ3v) is 2.98. The third-order valence-electron chi connectivity index (χ3n) is 2.79. The number of rotatable bonds is 3. The number of aryl methyl sites for hydroxylation is 1. The lowest BCUT2D eigenvalue weighted by Crippen LogP contribution is -1.95. The quantitative estimate of drug-likeness (QED) is 0.793. The standard InChI is InChI=1S/C15H17ClN2/c1-10(2)12-4-6-13(7-5-12)17-15-9-11(3)8-14(16)18-15/h4-10H,1-3H3,(H,17,18). The first-order valence-electron chi connectivity index (χ1n) is 6.06. The molecule has 0 saturated carbocycles. The second-order valence-corrected chi connectivity index (χ2v) is 5.14. The van der Waals surface area contributed by atoms with E-state index >= 15 is 0 Å². The van der Waals surface area contributed by atoms with E-state index in [0.717, 1.165) is 17.1 Å². The van der Waals surface area contributed by atoms with Gasteiger partial charge in [-0.3, -0.25) is 0 Å². The Labute approximate surface area is 113 Å². The van der Waals surface area contributed by atoms with Crippen molar-refractivity contribution in [2.75, 3.05) is 5.32 Å². The number of aromatic nitrogens is 1. The highest BCUT2D eigenvalue weighted by Crippen LogP contribution is 2.21. The predicted molar refractivity (Wildman–Crippen MR) is 77.8 cm³/mol. The first-order chi connectivity index (χ1) is 8.54. The summed E-state index contributed by atoms with van der Waals surface area (Å²) in [5.74, 6) is 1.32. The Morgan fingerprint density at radius 3 is 2.33 bits per heavy atom. The molecule has 0 bridgehead atoms. The van der Waals surface area contributed by atoms with Crippen LogP contribution in [0.5, 0.6) is 0 Å². The highest BCUT2D eigenvalue weighted by molar-refractivity contribution is 6.29. The van der Waals surface area contributed by atoms with Gasteiger partial charge in [-0.1, -0.05) is 37.6 Å². The van der Waals surface area contributed by atoms with Crippen LogP contribution in [0.4, 0.5) is 11.5 Å². The molecule has 0 aliphatic carbocycles. The zero-order valence-corrected chi connectivity index (χ0v) is 11.6. The van der Waals surface area contributed by atoms with Gasteiger partial charge in [0, 0.05) is 5.69 Å². The second-order valence-electron chi connectivity index (χ2n) is 4.75. The van der Waals surface area contributed by atoms with Crippen LogP contribution in [-0.4, -0.2) is 4.98 Å². The smallest absolute Gasteiger partial charge is 0.132 e. The highest BCUT2D eigenvalue weighted by atomic mass is 35.5. The maximum absolute atomic E-state index is 5.93. The molecule has 2 nitrogen and oxygen atoms in total. The Balaban J connectivity index is 2.18. The summed E-state index contributed by atoms with van der Waals surface area (Å²) >= 11 is 5.93. The van der Waals surface area contributed by atoms with Crippen molar-refractivity contribution in [2.24, 2.45) is 0 Å². The van der Waals surface area contributed by atoms with E-state index in [4.69, 9.17) is 11.6 Å². The van der Waals surface area contributed by atoms with Crippen LogP contribution >= 0.6 is 11.6 Å². The Hall–Kier alpha value is -1.54. The molecule has 1 aromatic heterocycles. The summed E-state index contributed by atoms with van der Waals surface area (Å²) < 4.78 is 0. The Morgan fingerprint density at radius 2 is 1.78 bits per heavy atom. The van der Waals surface area contributed by atoms with E-state index in [1.807, 2.05) is 19.1 Å². The van der Waals surface area contributed by atoms with Crippen molar-refractivity contribution >= 4 is 23.1 Å². The Kier molecular flexibility index (Phi) is 3.87. The third kappa shape index (κ3) is 3.23. The van der Waals surface area contributed by atoms with Gasteiger partial charge in [-0.25, -0.2) is 4.98 Å². The number of hydrogen-bond donors (Lipinski definition) is 1. The summed E-state index contributed by atoms with van der Waals surface area (Å²) in [4.78, 5) is 4.24. The van der Waals surface area contributed by atoms with Gasteiger partial charge in [0.2, 0.25) is 0 Å². The molecule has 2 rings (SSSR count). The van der Waals surface area contributed by atoms with Crippen LogP contribution in [-0.2, 0) is 0 Å². The van der Waals surface area contributed by atoms with Gasteiger partial charge in [0.1, 0.15) is 11.0 Å². The summed E-state index contributed by atoms with van der Waals surface area (Å²) in [5, 5.41) is 3.77. The van der Waals surface area contributed by atoms with Crippen molar-refractivity contribution in [1.29, 1.82) is 0 Å². The van der Waals surface area contributed by atoms with Gasteiger partial charge in [0.15, 0.2) is 0 Å². The molecular weight excluding hydrogens is 244 g/mol. The fraction of sp³-hybridized carbons (Fsp3) is 0.267. The van der Waals surface area contributed by atoms with Gasteiger partial charge in [-0.2, -0.15) is 0 Å². The van der Waals surface area contributed by atoms with E-state index in [1.165, 1.54) is 5.56 Å².